The van der Waals surface area contributed by atoms with Crippen molar-refractivity contribution in [3.63, 3.8) is 0 Å². The molecule has 33 heavy (non-hydrogen) atoms. The molecule has 11 heteroatoms. The van der Waals surface area contributed by atoms with Crippen LogP contribution >= 0.6 is 11.8 Å². The van der Waals surface area contributed by atoms with Gasteiger partial charge in [0.05, 0.1) is 12.0 Å². The molecular formula is C22H23N3O7S. The van der Waals surface area contributed by atoms with Gasteiger partial charge < -0.3 is 20.5 Å². The number of benzene rings is 2. The molecular weight excluding hydrogens is 450 g/mol. The first-order chi connectivity index (χ1) is 15.7. The first kappa shape index (κ1) is 25.4. The fourth-order valence-corrected chi connectivity index (χ4v) is 3.15. The number of nitro benzene ring substituents is 1. The van der Waals surface area contributed by atoms with Crippen molar-refractivity contribution in [3.05, 3.63) is 75.5 Å². The molecule has 2 rings (SSSR count). The van der Waals surface area contributed by atoms with Gasteiger partial charge in [-0.15, -0.1) is 0 Å². The van der Waals surface area contributed by atoms with E-state index in [2.05, 4.69) is 10.6 Å². The van der Waals surface area contributed by atoms with Crippen LogP contribution in [0.1, 0.15) is 22.3 Å². The molecule has 2 aromatic carbocycles. The van der Waals surface area contributed by atoms with E-state index < -0.39 is 28.7 Å². The summed E-state index contributed by atoms with van der Waals surface area (Å²) in [6, 6.07) is 10.4. The lowest BCUT2D eigenvalue weighted by Gasteiger charge is -2.16. The number of hydrogen-bond acceptors (Lipinski definition) is 7. The Hall–Kier alpha value is -3.86. The van der Waals surface area contributed by atoms with Crippen LogP contribution in [0.4, 0.5) is 5.69 Å². The van der Waals surface area contributed by atoms with E-state index in [0.29, 0.717) is 17.1 Å². The smallest absolute Gasteiger partial charge is 0.326 e. The number of nitro groups is 1. The number of amides is 2. The molecule has 0 saturated carbocycles. The van der Waals surface area contributed by atoms with Crippen LogP contribution in [0.15, 0.2) is 54.2 Å². The van der Waals surface area contributed by atoms with Crippen molar-refractivity contribution in [1.82, 2.24) is 10.6 Å². The molecule has 3 N–H and O–H groups in total. The van der Waals surface area contributed by atoms with Crippen LogP contribution in [0.3, 0.4) is 0 Å². The Balaban J connectivity index is 2.32. The van der Waals surface area contributed by atoms with Crippen LogP contribution in [-0.4, -0.2) is 53.0 Å². The van der Waals surface area contributed by atoms with Crippen molar-refractivity contribution in [3.8, 4) is 5.75 Å². The minimum atomic E-state index is -1.20. The zero-order valence-corrected chi connectivity index (χ0v) is 18.8. The number of nitrogens with zero attached hydrogens (tertiary/aromatic N) is 1. The molecule has 1 unspecified atom stereocenters. The van der Waals surface area contributed by atoms with Gasteiger partial charge in [-0.25, -0.2) is 4.79 Å². The average Bonchev–Trinajstić information content (AvgIpc) is 2.81. The fraction of sp³-hybridized carbons (Fsp3) is 0.227. The maximum absolute atomic E-state index is 12.9. The summed E-state index contributed by atoms with van der Waals surface area (Å²) in [6.07, 6.45) is 3.32. The predicted molar refractivity (Wildman–Crippen MR) is 124 cm³/mol. The highest BCUT2D eigenvalue weighted by Gasteiger charge is 2.23. The number of carboxylic acid groups (broad SMARTS) is 1. The molecule has 0 radical (unpaired) electrons. The second-order valence-electron chi connectivity index (χ2n) is 6.74. The van der Waals surface area contributed by atoms with Crippen molar-refractivity contribution in [2.75, 3.05) is 19.1 Å². The third-order valence-electron chi connectivity index (χ3n) is 4.47. The lowest BCUT2D eigenvalue weighted by atomic mass is 10.1. The first-order valence-corrected chi connectivity index (χ1v) is 11.1. The summed E-state index contributed by atoms with van der Waals surface area (Å²) in [4.78, 5) is 47.4. The summed E-state index contributed by atoms with van der Waals surface area (Å²) < 4.78 is 5.06. The number of thioether (sulfide) groups is 1. The second-order valence-corrected chi connectivity index (χ2v) is 7.72. The maximum atomic E-state index is 12.9. The van der Waals surface area contributed by atoms with Crippen molar-refractivity contribution in [1.29, 1.82) is 0 Å². The highest BCUT2D eigenvalue weighted by Crippen LogP contribution is 2.15. The van der Waals surface area contributed by atoms with Gasteiger partial charge in [0, 0.05) is 17.7 Å². The zero-order chi connectivity index (χ0) is 24.4. The number of non-ortho nitro benzene ring substituents is 1. The lowest BCUT2D eigenvalue weighted by molar-refractivity contribution is -0.384. The van der Waals surface area contributed by atoms with Gasteiger partial charge in [-0.3, -0.25) is 19.7 Å². The molecule has 2 aromatic rings. The SMILES string of the molecule is COc1ccc(C(=O)NC(=Cc2ccc([N+](=O)[O-])cc2)C(=O)NC(CCSC)C(=O)O)cc1. The molecule has 0 bridgehead atoms. The molecule has 174 valence electrons. The normalized spacial score (nSPS) is 11.9. The van der Waals surface area contributed by atoms with Gasteiger partial charge in [0.25, 0.3) is 17.5 Å². The number of carbonyl (C=O) groups is 3. The third-order valence-corrected chi connectivity index (χ3v) is 5.12. The van der Waals surface area contributed by atoms with Gasteiger partial charge in [-0.1, -0.05) is 0 Å². The van der Waals surface area contributed by atoms with E-state index in [1.165, 1.54) is 61.3 Å². The van der Waals surface area contributed by atoms with Gasteiger partial charge in [0.2, 0.25) is 0 Å². The standard InChI is InChI=1S/C22H23N3O7S/c1-32-17-9-5-15(6-10-17)20(26)24-19(13-14-3-7-16(8-4-14)25(30)31)21(27)23-18(22(28)29)11-12-33-2/h3-10,13,18H,11-12H2,1-2H3,(H,23,27)(H,24,26)(H,28,29). The van der Waals surface area contributed by atoms with E-state index >= 15 is 0 Å². The quantitative estimate of drug-likeness (QED) is 0.256. The van der Waals surface area contributed by atoms with E-state index in [9.17, 15) is 29.6 Å². The minimum Gasteiger partial charge on any atom is -0.497 e. The molecule has 0 aliphatic rings. The Kier molecular flexibility index (Phi) is 9.43. The monoisotopic (exact) mass is 473 g/mol. The zero-order valence-electron chi connectivity index (χ0n) is 17.9. The molecule has 0 fully saturated rings. The van der Waals surface area contributed by atoms with Crippen LogP contribution in [0.25, 0.3) is 6.08 Å². The van der Waals surface area contributed by atoms with Crippen molar-refractivity contribution < 1.29 is 29.2 Å². The van der Waals surface area contributed by atoms with E-state index in [1.807, 2.05) is 6.26 Å². The number of rotatable bonds is 11. The molecule has 1 atom stereocenters. The fourth-order valence-electron chi connectivity index (χ4n) is 2.68. The molecule has 10 nitrogen and oxygen atoms in total. The Morgan fingerprint density at radius 3 is 2.30 bits per heavy atom. The topological polar surface area (TPSA) is 148 Å². The maximum Gasteiger partial charge on any atom is 0.326 e. The number of methoxy groups -OCH3 is 1. The van der Waals surface area contributed by atoms with E-state index in [-0.39, 0.29) is 23.4 Å². The highest BCUT2D eigenvalue weighted by atomic mass is 32.2. The number of hydrogen-bond donors (Lipinski definition) is 3. The Morgan fingerprint density at radius 2 is 1.79 bits per heavy atom. The molecule has 0 aliphatic heterocycles. The molecule has 0 heterocycles. The summed E-state index contributed by atoms with van der Waals surface area (Å²) >= 11 is 1.44. The van der Waals surface area contributed by atoms with Gasteiger partial charge in [0.1, 0.15) is 17.5 Å². The summed E-state index contributed by atoms with van der Waals surface area (Å²) in [7, 11) is 1.49. The van der Waals surface area contributed by atoms with Crippen LogP contribution in [0, 0.1) is 10.1 Å². The lowest BCUT2D eigenvalue weighted by Crippen LogP contribution is -2.44. The summed E-state index contributed by atoms with van der Waals surface area (Å²) in [5, 5.41) is 25.2. The van der Waals surface area contributed by atoms with Crippen LogP contribution in [0.5, 0.6) is 5.75 Å². The number of aliphatic carboxylic acids is 1. The Morgan fingerprint density at radius 1 is 1.15 bits per heavy atom. The summed E-state index contributed by atoms with van der Waals surface area (Å²) in [5.74, 6) is -1.55. The molecule has 0 aromatic heterocycles. The van der Waals surface area contributed by atoms with Crippen LogP contribution < -0.4 is 15.4 Å². The van der Waals surface area contributed by atoms with Crippen molar-refractivity contribution >= 4 is 41.3 Å². The molecule has 0 saturated heterocycles. The largest absolute Gasteiger partial charge is 0.497 e. The minimum absolute atomic E-state index is 0.136. The van der Waals surface area contributed by atoms with E-state index in [4.69, 9.17) is 4.74 Å². The first-order valence-electron chi connectivity index (χ1n) is 9.69. The van der Waals surface area contributed by atoms with Gasteiger partial charge >= 0.3 is 5.97 Å². The molecule has 2 amide bonds. The van der Waals surface area contributed by atoms with E-state index in [0.717, 1.165) is 0 Å². The van der Waals surface area contributed by atoms with Gasteiger partial charge in [-0.05, 0) is 66.5 Å². The van der Waals surface area contributed by atoms with E-state index in [1.54, 1.807) is 12.1 Å². The van der Waals surface area contributed by atoms with Crippen LogP contribution in [0.2, 0.25) is 0 Å². The van der Waals surface area contributed by atoms with Crippen molar-refractivity contribution in [2.24, 2.45) is 0 Å². The van der Waals surface area contributed by atoms with Gasteiger partial charge in [0.15, 0.2) is 0 Å². The summed E-state index contributed by atoms with van der Waals surface area (Å²) in [6.45, 7) is 0. The molecule has 0 spiro atoms. The number of carbonyl (C=O) groups excluding carboxylic acids is 2. The predicted octanol–water partition coefficient (Wildman–Crippen LogP) is 2.70. The number of carboxylic acids is 1. The number of ether oxygens (including phenoxy) is 1. The Labute approximate surface area is 194 Å². The average molecular weight is 474 g/mol. The van der Waals surface area contributed by atoms with Crippen LogP contribution in [-0.2, 0) is 9.59 Å². The Bertz CT molecular complexity index is 1040. The molecule has 0 aliphatic carbocycles. The van der Waals surface area contributed by atoms with Gasteiger partial charge in [-0.2, -0.15) is 11.8 Å². The second kappa shape index (κ2) is 12.2. The highest BCUT2D eigenvalue weighted by molar-refractivity contribution is 7.98. The van der Waals surface area contributed by atoms with Crippen molar-refractivity contribution in [2.45, 2.75) is 12.5 Å². The number of nitrogens with one attached hydrogen (secondary N) is 2. The third kappa shape index (κ3) is 7.65. The summed E-state index contributed by atoms with van der Waals surface area (Å²) in [5.41, 5.74) is 0.302.